The summed E-state index contributed by atoms with van der Waals surface area (Å²) in [6.45, 7) is 0. The molecule has 0 unspecified atom stereocenters. The van der Waals surface area contributed by atoms with Crippen molar-refractivity contribution in [3.63, 3.8) is 0 Å². The number of imide groups is 1. The molecule has 3 rings (SSSR count). The van der Waals surface area contributed by atoms with Gasteiger partial charge in [-0.05, 0) is 23.6 Å². The summed E-state index contributed by atoms with van der Waals surface area (Å²) in [5.41, 5.74) is 7.00. The summed E-state index contributed by atoms with van der Waals surface area (Å²) in [7, 11) is 0. The Morgan fingerprint density at radius 3 is 2.47 bits per heavy atom. The van der Waals surface area contributed by atoms with Gasteiger partial charge in [0, 0.05) is 11.1 Å². The first-order valence-corrected chi connectivity index (χ1v) is 5.05. The number of anilines is 1. The van der Waals surface area contributed by atoms with Crippen LogP contribution in [-0.4, -0.2) is 16.8 Å². The smallest absolute Gasteiger partial charge is 0.275 e. The molecule has 0 aliphatic carbocycles. The number of carbonyl (C=O) groups excluding carboxylic acids is 2. The molecular weight excluding hydrogens is 218 g/mol. The second-order valence-electron chi connectivity index (χ2n) is 3.95. The summed E-state index contributed by atoms with van der Waals surface area (Å²) in [6, 6.07) is 8.47. The van der Waals surface area contributed by atoms with Crippen LogP contribution in [0.1, 0.15) is 20.7 Å². The number of carbonyl (C=O) groups is 2. The number of hydrogen-bond donors (Lipinski definition) is 2. The SMILES string of the molecule is Nc1cc2c3c(cccc3c1)C(=O)N(N)C2=O. The molecule has 17 heavy (non-hydrogen) atoms. The van der Waals surface area contributed by atoms with Crippen molar-refractivity contribution in [2.75, 3.05) is 5.73 Å². The van der Waals surface area contributed by atoms with Gasteiger partial charge in [0.1, 0.15) is 0 Å². The maximum atomic E-state index is 11.9. The van der Waals surface area contributed by atoms with Gasteiger partial charge in [-0.1, -0.05) is 12.1 Å². The molecule has 1 aliphatic heterocycles. The van der Waals surface area contributed by atoms with Gasteiger partial charge in [-0.15, -0.1) is 0 Å². The Bertz CT molecular complexity index is 679. The maximum Gasteiger partial charge on any atom is 0.275 e. The van der Waals surface area contributed by atoms with E-state index in [4.69, 9.17) is 11.6 Å². The minimum Gasteiger partial charge on any atom is -0.399 e. The van der Waals surface area contributed by atoms with Gasteiger partial charge in [0.25, 0.3) is 11.8 Å². The molecule has 0 fully saturated rings. The van der Waals surface area contributed by atoms with Gasteiger partial charge < -0.3 is 5.73 Å². The number of rotatable bonds is 0. The molecule has 0 atom stereocenters. The van der Waals surface area contributed by atoms with Crippen LogP contribution in [0.5, 0.6) is 0 Å². The summed E-state index contributed by atoms with van der Waals surface area (Å²) in [5, 5.41) is 2.02. The Balaban J connectivity index is 2.53. The third kappa shape index (κ3) is 1.17. The van der Waals surface area contributed by atoms with Gasteiger partial charge in [0.2, 0.25) is 0 Å². The Kier molecular flexibility index (Phi) is 1.76. The lowest BCUT2D eigenvalue weighted by atomic mass is 9.94. The lowest BCUT2D eigenvalue weighted by Gasteiger charge is -2.23. The van der Waals surface area contributed by atoms with Crippen molar-refractivity contribution in [3.8, 4) is 0 Å². The Morgan fingerprint density at radius 2 is 1.71 bits per heavy atom. The van der Waals surface area contributed by atoms with E-state index in [0.717, 1.165) is 5.39 Å². The number of nitrogen functional groups attached to an aromatic ring is 1. The average molecular weight is 227 g/mol. The largest absolute Gasteiger partial charge is 0.399 e. The normalized spacial score (nSPS) is 14.5. The molecule has 1 aliphatic rings. The summed E-state index contributed by atoms with van der Waals surface area (Å²) in [6.07, 6.45) is 0. The summed E-state index contributed by atoms with van der Waals surface area (Å²) in [5.74, 6) is 4.45. The number of amides is 2. The fourth-order valence-electron chi connectivity index (χ4n) is 2.15. The molecule has 5 heteroatoms. The zero-order valence-corrected chi connectivity index (χ0v) is 8.81. The summed E-state index contributed by atoms with van der Waals surface area (Å²) in [4.78, 5) is 23.7. The van der Waals surface area contributed by atoms with Crippen molar-refractivity contribution in [1.82, 2.24) is 5.01 Å². The van der Waals surface area contributed by atoms with Gasteiger partial charge in [0.15, 0.2) is 0 Å². The van der Waals surface area contributed by atoms with E-state index < -0.39 is 11.8 Å². The summed E-state index contributed by atoms with van der Waals surface area (Å²) < 4.78 is 0. The van der Waals surface area contributed by atoms with Gasteiger partial charge in [-0.25, -0.2) is 10.9 Å². The van der Waals surface area contributed by atoms with E-state index in [1.54, 1.807) is 24.3 Å². The van der Waals surface area contributed by atoms with Gasteiger partial charge >= 0.3 is 0 Å². The molecule has 0 spiro atoms. The van der Waals surface area contributed by atoms with E-state index in [2.05, 4.69) is 0 Å². The molecule has 1 heterocycles. The molecule has 0 saturated heterocycles. The second kappa shape index (κ2) is 3.05. The van der Waals surface area contributed by atoms with Crippen LogP contribution < -0.4 is 11.6 Å². The van der Waals surface area contributed by atoms with Crippen molar-refractivity contribution in [3.05, 3.63) is 41.5 Å². The van der Waals surface area contributed by atoms with Crippen LogP contribution in [0.3, 0.4) is 0 Å². The lowest BCUT2D eigenvalue weighted by molar-refractivity contribution is 0.0610. The lowest BCUT2D eigenvalue weighted by Crippen LogP contribution is -2.45. The van der Waals surface area contributed by atoms with Gasteiger partial charge in [0.05, 0.1) is 11.1 Å². The molecule has 0 radical (unpaired) electrons. The van der Waals surface area contributed by atoms with Crippen LogP contribution in [0, 0.1) is 0 Å². The molecule has 4 N–H and O–H groups in total. The fourth-order valence-corrected chi connectivity index (χ4v) is 2.15. The third-order valence-electron chi connectivity index (χ3n) is 2.90. The minimum absolute atomic E-state index is 0.373. The number of hydrogen-bond acceptors (Lipinski definition) is 4. The molecule has 0 aromatic heterocycles. The first kappa shape index (κ1) is 9.80. The third-order valence-corrected chi connectivity index (χ3v) is 2.90. The first-order chi connectivity index (χ1) is 8.09. The highest BCUT2D eigenvalue weighted by molar-refractivity contribution is 6.25. The Morgan fingerprint density at radius 1 is 1.00 bits per heavy atom. The molecule has 84 valence electrons. The van der Waals surface area contributed by atoms with E-state index in [1.165, 1.54) is 0 Å². The van der Waals surface area contributed by atoms with Crippen LogP contribution in [0.25, 0.3) is 10.8 Å². The molecule has 2 amide bonds. The fraction of sp³-hybridized carbons (Fsp3) is 0. The topological polar surface area (TPSA) is 89.4 Å². The highest BCUT2D eigenvalue weighted by Crippen LogP contribution is 2.30. The van der Waals surface area contributed by atoms with Crippen molar-refractivity contribution >= 4 is 28.3 Å². The number of hydrazine groups is 1. The van der Waals surface area contributed by atoms with Gasteiger partial charge in [-0.3, -0.25) is 9.59 Å². The molecule has 2 aromatic carbocycles. The maximum absolute atomic E-state index is 11.9. The van der Waals surface area contributed by atoms with E-state index in [0.29, 0.717) is 27.2 Å². The van der Waals surface area contributed by atoms with Crippen LogP contribution in [0.15, 0.2) is 30.3 Å². The zero-order chi connectivity index (χ0) is 12.2. The monoisotopic (exact) mass is 227 g/mol. The van der Waals surface area contributed by atoms with E-state index >= 15 is 0 Å². The van der Waals surface area contributed by atoms with Crippen molar-refractivity contribution in [2.45, 2.75) is 0 Å². The number of nitrogens with two attached hydrogens (primary N) is 2. The van der Waals surface area contributed by atoms with Crippen LogP contribution >= 0.6 is 0 Å². The molecule has 2 aromatic rings. The van der Waals surface area contributed by atoms with E-state index in [1.807, 2.05) is 6.07 Å². The summed E-state index contributed by atoms with van der Waals surface area (Å²) >= 11 is 0. The number of nitrogens with zero attached hydrogens (tertiary/aromatic N) is 1. The second-order valence-corrected chi connectivity index (χ2v) is 3.95. The molecule has 5 nitrogen and oxygen atoms in total. The molecule has 0 saturated carbocycles. The Hall–Kier alpha value is -2.40. The standard InChI is InChI=1S/C12H9N3O2/c13-7-4-6-2-1-3-8-10(6)9(5-7)12(17)15(14)11(8)16/h1-5H,13-14H2. The molecular formula is C12H9N3O2. The van der Waals surface area contributed by atoms with Crippen LogP contribution in [0.4, 0.5) is 5.69 Å². The number of benzene rings is 2. The van der Waals surface area contributed by atoms with Crippen LogP contribution in [-0.2, 0) is 0 Å². The van der Waals surface area contributed by atoms with Crippen LogP contribution in [0.2, 0.25) is 0 Å². The Labute approximate surface area is 96.6 Å². The van der Waals surface area contributed by atoms with Crippen molar-refractivity contribution in [2.24, 2.45) is 5.84 Å². The zero-order valence-electron chi connectivity index (χ0n) is 8.81. The predicted molar refractivity (Wildman–Crippen MR) is 63.0 cm³/mol. The quantitative estimate of drug-likeness (QED) is 0.303. The van der Waals surface area contributed by atoms with Gasteiger partial charge in [-0.2, -0.15) is 0 Å². The van der Waals surface area contributed by atoms with E-state index in [9.17, 15) is 9.59 Å². The van der Waals surface area contributed by atoms with E-state index in [-0.39, 0.29) is 0 Å². The highest BCUT2D eigenvalue weighted by Gasteiger charge is 2.30. The average Bonchev–Trinajstić information content (AvgIpc) is 2.32. The first-order valence-electron chi connectivity index (χ1n) is 5.05. The van der Waals surface area contributed by atoms with Crippen molar-refractivity contribution in [1.29, 1.82) is 0 Å². The minimum atomic E-state index is -0.522. The predicted octanol–water partition coefficient (Wildman–Crippen LogP) is 0.892. The van der Waals surface area contributed by atoms with Crippen molar-refractivity contribution < 1.29 is 9.59 Å². The molecule has 0 bridgehead atoms. The highest BCUT2D eigenvalue weighted by atomic mass is 16.2.